The van der Waals surface area contributed by atoms with Gasteiger partial charge < -0.3 is 14.5 Å². The number of benzene rings is 1. The van der Waals surface area contributed by atoms with Crippen LogP contribution in [0.2, 0.25) is 0 Å². The summed E-state index contributed by atoms with van der Waals surface area (Å²) in [6.07, 6.45) is 0. The van der Waals surface area contributed by atoms with Crippen molar-refractivity contribution < 1.29 is 13.5 Å². The molecule has 0 fully saturated rings. The smallest absolute Gasteiger partial charge is 0.146 e. The first-order valence-electron chi connectivity index (χ1n) is 6.80. The molecule has 4 heteroatoms. The Labute approximate surface area is 118 Å². The van der Waals surface area contributed by atoms with Gasteiger partial charge in [0.05, 0.1) is 6.54 Å². The molecule has 0 bridgehead atoms. The predicted molar refractivity (Wildman–Crippen MR) is 76.0 cm³/mol. The van der Waals surface area contributed by atoms with E-state index >= 15 is 0 Å². The maximum atomic E-state index is 13.0. The first-order chi connectivity index (χ1) is 9.63. The number of rotatable bonds is 7. The first kappa shape index (κ1) is 14.6. The number of hydrogen-bond donors (Lipinski definition) is 1. The van der Waals surface area contributed by atoms with Gasteiger partial charge in [-0.1, -0.05) is 19.9 Å². The molecule has 1 N–H and O–H groups in total. The third-order valence-electron chi connectivity index (χ3n) is 2.75. The Bertz CT molecular complexity index is 537. The minimum absolute atomic E-state index is 0.299. The maximum Gasteiger partial charge on any atom is 0.146 e. The van der Waals surface area contributed by atoms with Crippen molar-refractivity contribution in [2.45, 2.75) is 27.0 Å². The summed E-state index contributed by atoms with van der Waals surface area (Å²) >= 11 is 0. The van der Waals surface area contributed by atoms with Gasteiger partial charge in [-0.15, -0.1) is 0 Å². The van der Waals surface area contributed by atoms with E-state index in [0.29, 0.717) is 24.8 Å². The monoisotopic (exact) mass is 277 g/mol. The van der Waals surface area contributed by atoms with Crippen molar-refractivity contribution in [2.75, 3.05) is 6.54 Å². The van der Waals surface area contributed by atoms with Gasteiger partial charge in [0.25, 0.3) is 0 Å². The fourth-order valence-corrected chi connectivity index (χ4v) is 1.79. The van der Waals surface area contributed by atoms with E-state index in [-0.39, 0.29) is 5.82 Å². The molecule has 0 atom stereocenters. The lowest BCUT2D eigenvalue weighted by Crippen LogP contribution is -2.18. The van der Waals surface area contributed by atoms with Crippen LogP contribution in [-0.2, 0) is 13.2 Å². The highest BCUT2D eigenvalue weighted by atomic mass is 19.1. The van der Waals surface area contributed by atoms with Crippen molar-refractivity contribution >= 4 is 0 Å². The SMILES string of the molecule is CC(C)CNCc1ccc(COc2cccc(F)c2)o1. The third kappa shape index (κ3) is 4.70. The molecule has 0 aliphatic rings. The molecule has 3 nitrogen and oxygen atoms in total. The van der Waals surface area contributed by atoms with Crippen LogP contribution in [0.4, 0.5) is 4.39 Å². The van der Waals surface area contributed by atoms with Crippen LogP contribution in [0.3, 0.4) is 0 Å². The summed E-state index contributed by atoms with van der Waals surface area (Å²) in [4.78, 5) is 0. The molecule has 0 aliphatic carbocycles. The summed E-state index contributed by atoms with van der Waals surface area (Å²) in [5.41, 5.74) is 0. The zero-order chi connectivity index (χ0) is 14.4. The summed E-state index contributed by atoms with van der Waals surface area (Å²) in [6, 6.07) is 9.89. The second kappa shape index (κ2) is 7.10. The van der Waals surface area contributed by atoms with Gasteiger partial charge in [-0.25, -0.2) is 4.39 Å². The average Bonchev–Trinajstić information content (AvgIpc) is 2.84. The molecule has 0 saturated heterocycles. The molecule has 1 aromatic carbocycles. The average molecular weight is 277 g/mol. The molecule has 1 aromatic heterocycles. The fourth-order valence-electron chi connectivity index (χ4n) is 1.79. The molecule has 1 heterocycles. The normalized spacial score (nSPS) is 11.0. The minimum Gasteiger partial charge on any atom is -0.486 e. The highest BCUT2D eigenvalue weighted by Crippen LogP contribution is 2.15. The Morgan fingerprint density at radius 3 is 2.75 bits per heavy atom. The van der Waals surface area contributed by atoms with Gasteiger partial charge in [0, 0.05) is 6.07 Å². The molecule has 2 aromatic rings. The van der Waals surface area contributed by atoms with Crippen molar-refractivity contribution in [1.29, 1.82) is 0 Å². The number of hydrogen-bond acceptors (Lipinski definition) is 3. The molecule has 0 amide bonds. The summed E-state index contributed by atoms with van der Waals surface area (Å²) in [5, 5.41) is 3.31. The van der Waals surface area contributed by atoms with Crippen molar-refractivity contribution in [3.63, 3.8) is 0 Å². The molecular formula is C16H20FNO2. The van der Waals surface area contributed by atoms with Gasteiger partial charge in [-0.3, -0.25) is 0 Å². The van der Waals surface area contributed by atoms with E-state index in [2.05, 4.69) is 19.2 Å². The lowest BCUT2D eigenvalue weighted by molar-refractivity contribution is 0.264. The van der Waals surface area contributed by atoms with Crippen molar-refractivity contribution in [2.24, 2.45) is 5.92 Å². The van der Waals surface area contributed by atoms with Crippen LogP contribution >= 0.6 is 0 Å². The Hall–Kier alpha value is -1.81. The zero-order valence-electron chi connectivity index (χ0n) is 11.9. The lowest BCUT2D eigenvalue weighted by Gasteiger charge is -2.05. The van der Waals surface area contributed by atoms with E-state index in [1.807, 2.05) is 12.1 Å². The van der Waals surface area contributed by atoms with Crippen LogP contribution in [0.25, 0.3) is 0 Å². The molecule has 0 saturated carbocycles. The van der Waals surface area contributed by atoms with E-state index < -0.39 is 0 Å². The van der Waals surface area contributed by atoms with Gasteiger partial charge in [0.2, 0.25) is 0 Å². The van der Waals surface area contributed by atoms with Crippen LogP contribution in [-0.4, -0.2) is 6.54 Å². The number of ether oxygens (including phenoxy) is 1. The Morgan fingerprint density at radius 2 is 2.00 bits per heavy atom. The van der Waals surface area contributed by atoms with Gasteiger partial charge in [-0.2, -0.15) is 0 Å². The van der Waals surface area contributed by atoms with E-state index in [4.69, 9.17) is 9.15 Å². The summed E-state index contributed by atoms with van der Waals surface area (Å²) in [7, 11) is 0. The standard InChI is InChI=1S/C16H20FNO2/c1-12(2)9-18-10-15-6-7-16(20-15)11-19-14-5-3-4-13(17)8-14/h3-8,12,18H,9-11H2,1-2H3. The third-order valence-corrected chi connectivity index (χ3v) is 2.75. The van der Waals surface area contributed by atoms with E-state index in [9.17, 15) is 4.39 Å². The van der Waals surface area contributed by atoms with Gasteiger partial charge >= 0.3 is 0 Å². The molecule has 2 rings (SSSR count). The van der Waals surface area contributed by atoms with Crippen LogP contribution in [0.15, 0.2) is 40.8 Å². The van der Waals surface area contributed by atoms with Crippen LogP contribution < -0.4 is 10.1 Å². The quantitative estimate of drug-likeness (QED) is 0.837. The Kier molecular flexibility index (Phi) is 5.18. The van der Waals surface area contributed by atoms with Crippen LogP contribution in [0.1, 0.15) is 25.4 Å². The summed E-state index contributed by atoms with van der Waals surface area (Å²) < 4.78 is 24.1. The molecular weight excluding hydrogens is 257 g/mol. The molecule has 0 spiro atoms. The second-order valence-electron chi connectivity index (χ2n) is 5.14. The molecule has 0 radical (unpaired) electrons. The van der Waals surface area contributed by atoms with Gasteiger partial charge in [0.15, 0.2) is 0 Å². The maximum absolute atomic E-state index is 13.0. The molecule has 0 unspecified atom stereocenters. The summed E-state index contributed by atoms with van der Waals surface area (Å²) in [6.45, 7) is 6.28. The fraction of sp³-hybridized carbons (Fsp3) is 0.375. The molecule has 20 heavy (non-hydrogen) atoms. The van der Waals surface area contributed by atoms with Crippen molar-refractivity contribution in [1.82, 2.24) is 5.32 Å². The predicted octanol–water partition coefficient (Wildman–Crippen LogP) is 3.74. The van der Waals surface area contributed by atoms with Gasteiger partial charge in [-0.05, 0) is 36.7 Å². The zero-order valence-corrected chi connectivity index (χ0v) is 11.9. The first-order valence-corrected chi connectivity index (χ1v) is 6.80. The Morgan fingerprint density at radius 1 is 1.20 bits per heavy atom. The molecule has 0 aliphatic heterocycles. The summed E-state index contributed by atoms with van der Waals surface area (Å²) in [5.74, 6) is 2.42. The van der Waals surface area contributed by atoms with E-state index in [1.54, 1.807) is 12.1 Å². The largest absolute Gasteiger partial charge is 0.486 e. The second-order valence-corrected chi connectivity index (χ2v) is 5.14. The van der Waals surface area contributed by atoms with E-state index in [1.165, 1.54) is 12.1 Å². The van der Waals surface area contributed by atoms with Crippen LogP contribution in [0.5, 0.6) is 5.75 Å². The number of nitrogens with one attached hydrogen (secondary N) is 1. The number of furan rings is 1. The topological polar surface area (TPSA) is 34.4 Å². The van der Waals surface area contributed by atoms with Crippen molar-refractivity contribution in [3.8, 4) is 5.75 Å². The number of halogens is 1. The minimum atomic E-state index is -0.305. The van der Waals surface area contributed by atoms with E-state index in [0.717, 1.165) is 18.1 Å². The van der Waals surface area contributed by atoms with Gasteiger partial charge in [0.1, 0.15) is 29.7 Å². The van der Waals surface area contributed by atoms with Crippen LogP contribution in [0, 0.1) is 11.7 Å². The van der Waals surface area contributed by atoms with Crippen molar-refractivity contribution in [3.05, 3.63) is 53.7 Å². The Balaban J connectivity index is 1.80. The molecule has 108 valence electrons. The highest BCUT2D eigenvalue weighted by Gasteiger charge is 2.04. The lowest BCUT2D eigenvalue weighted by atomic mass is 10.2. The highest BCUT2D eigenvalue weighted by molar-refractivity contribution is 5.22.